The molecule has 1 aliphatic rings. The summed E-state index contributed by atoms with van der Waals surface area (Å²) < 4.78 is 21.5. The van der Waals surface area contributed by atoms with Gasteiger partial charge in [-0.15, -0.1) is 11.3 Å². The number of aromatic nitrogens is 1. The molecule has 0 amide bonds. The standard InChI is InChI=1S/C27H32ClFN2O3S/c1-34-19-6-9-25-22(16-19)21(11-13-30-25)24(29)8-5-18-12-15-31(17-23(18)27(32)33)14-3-2-4-20-7-10-26(28)35-20/h6-7,9-11,13,16,18,23-24H,2-5,8,12,14-15,17H2,1H3,(H,32,33)/t18-,23+,24?/m1/s1. The first-order valence-electron chi connectivity index (χ1n) is 12.2. The largest absolute Gasteiger partial charge is 0.497 e. The number of likely N-dealkylation sites (tertiary alicyclic amines) is 1. The van der Waals surface area contributed by atoms with Crippen LogP contribution in [0.2, 0.25) is 4.34 Å². The molecule has 0 aliphatic carbocycles. The van der Waals surface area contributed by atoms with Crippen LogP contribution in [0.25, 0.3) is 10.9 Å². The fraction of sp³-hybridized carbons (Fsp3) is 0.481. The maximum atomic E-state index is 15.4. The molecule has 0 spiro atoms. The molecule has 188 valence electrons. The number of aryl methyl sites for hydroxylation is 1. The van der Waals surface area contributed by atoms with Gasteiger partial charge in [0.2, 0.25) is 0 Å². The molecule has 1 aromatic carbocycles. The number of carboxylic acids is 1. The van der Waals surface area contributed by atoms with E-state index in [1.165, 1.54) is 4.88 Å². The zero-order chi connectivity index (χ0) is 24.8. The van der Waals surface area contributed by atoms with Crippen LogP contribution >= 0.6 is 22.9 Å². The highest BCUT2D eigenvalue weighted by Gasteiger charge is 2.34. The SMILES string of the molecule is COc1ccc2nccc(C(F)CC[C@@H]3CCN(CCCCc4ccc(Cl)s4)C[C@@H]3C(=O)O)c2c1. The van der Waals surface area contributed by atoms with Crippen LogP contribution in [0.4, 0.5) is 4.39 Å². The molecule has 3 aromatic rings. The molecule has 5 nitrogen and oxygen atoms in total. The van der Waals surface area contributed by atoms with Crippen molar-refractivity contribution in [1.29, 1.82) is 0 Å². The minimum atomic E-state index is -1.18. The van der Waals surface area contributed by atoms with Crippen molar-refractivity contribution in [2.75, 3.05) is 26.7 Å². The predicted molar refractivity (Wildman–Crippen MR) is 139 cm³/mol. The number of piperidine rings is 1. The minimum absolute atomic E-state index is 0.0158. The summed E-state index contributed by atoms with van der Waals surface area (Å²) in [6.07, 6.45) is 5.18. The summed E-state index contributed by atoms with van der Waals surface area (Å²) in [5.41, 5.74) is 1.31. The van der Waals surface area contributed by atoms with E-state index < -0.39 is 18.1 Å². The molecule has 1 N–H and O–H groups in total. The Morgan fingerprint density at radius 2 is 2.17 bits per heavy atom. The highest BCUT2D eigenvalue weighted by molar-refractivity contribution is 7.16. The van der Waals surface area contributed by atoms with Crippen molar-refractivity contribution in [3.8, 4) is 5.75 Å². The molecule has 1 aliphatic heterocycles. The van der Waals surface area contributed by atoms with Gasteiger partial charge in [0, 0.05) is 23.0 Å². The summed E-state index contributed by atoms with van der Waals surface area (Å²) in [5.74, 6) is -0.585. The van der Waals surface area contributed by atoms with Gasteiger partial charge >= 0.3 is 5.97 Å². The van der Waals surface area contributed by atoms with Crippen LogP contribution in [0, 0.1) is 11.8 Å². The van der Waals surface area contributed by atoms with Crippen molar-refractivity contribution in [3.05, 3.63) is 57.4 Å². The summed E-state index contributed by atoms with van der Waals surface area (Å²) in [7, 11) is 1.59. The zero-order valence-corrected chi connectivity index (χ0v) is 21.5. The van der Waals surface area contributed by atoms with E-state index >= 15 is 4.39 Å². The van der Waals surface area contributed by atoms with Gasteiger partial charge in [0.1, 0.15) is 11.9 Å². The van der Waals surface area contributed by atoms with Crippen LogP contribution in [0.15, 0.2) is 42.6 Å². The van der Waals surface area contributed by atoms with Gasteiger partial charge in [-0.05, 0) is 99.5 Å². The fourth-order valence-corrected chi connectivity index (χ4v) is 6.21. The van der Waals surface area contributed by atoms with Crippen LogP contribution in [0.5, 0.6) is 5.75 Å². The molecule has 3 atom stereocenters. The number of nitrogens with zero attached hydrogens (tertiary/aromatic N) is 2. The van der Waals surface area contributed by atoms with Crippen LogP contribution in [0.3, 0.4) is 0 Å². The molecule has 2 aromatic heterocycles. The molecule has 35 heavy (non-hydrogen) atoms. The zero-order valence-electron chi connectivity index (χ0n) is 20.0. The van der Waals surface area contributed by atoms with Gasteiger partial charge in [0.05, 0.1) is 22.9 Å². The molecule has 3 heterocycles. The van der Waals surface area contributed by atoms with E-state index in [4.69, 9.17) is 16.3 Å². The normalized spacial score (nSPS) is 19.6. The summed E-state index contributed by atoms with van der Waals surface area (Å²) in [4.78, 5) is 19.9. The van der Waals surface area contributed by atoms with Gasteiger partial charge in [-0.25, -0.2) is 4.39 Å². The molecule has 1 saturated heterocycles. The van der Waals surface area contributed by atoms with Crippen molar-refractivity contribution in [1.82, 2.24) is 9.88 Å². The fourth-order valence-electron chi connectivity index (χ4n) is 5.08. The Hall–Kier alpha value is -2.22. The lowest BCUT2D eigenvalue weighted by Gasteiger charge is -2.37. The Balaban J connectivity index is 1.30. The summed E-state index contributed by atoms with van der Waals surface area (Å²) in [6.45, 7) is 2.30. The van der Waals surface area contributed by atoms with Gasteiger partial charge in [-0.2, -0.15) is 0 Å². The lowest BCUT2D eigenvalue weighted by molar-refractivity contribution is -0.146. The van der Waals surface area contributed by atoms with E-state index in [2.05, 4.69) is 16.0 Å². The number of halogens is 2. The van der Waals surface area contributed by atoms with Crippen LogP contribution in [0.1, 0.15) is 48.7 Å². The molecular formula is C27H32ClFN2O3S. The van der Waals surface area contributed by atoms with Crippen molar-refractivity contribution >= 4 is 39.8 Å². The number of pyridine rings is 1. The molecule has 0 radical (unpaired) electrons. The van der Waals surface area contributed by atoms with Gasteiger partial charge in [0.25, 0.3) is 0 Å². The molecular weight excluding hydrogens is 487 g/mol. The maximum absolute atomic E-state index is 15.4. The van der Waals surface area contributed by atoms with Crippen LogP contribution in [-0.4, -0.2) is 47.7 Å². The quantitative estimate of drug-likeness (QED) is 0.283. The number of ether oxygens (including phenoxy) is 1. The summed E-state index contributed by atoms with van der Waals surface area (Å²) in [5, 5.41) is 10.6. The minimum Gasteiger partial charge on any atom is -0.497 e. The number of hydrogen-bond donors (Lipinski definition) is 1. The number of benzene rings is 1. The van der Waals surface area contributed by atoms with E-state index in [1.807, 2.05) is 24.3 Å². The summed E-state index contributed by atoms with van der Waals surface area (Å²) >= 11 is 7.62. The van der Waals surface area contributed by atoms with Crippen molar-refractivity contribution in [2.45, 2.75) is 44.7 Å². The lowest BCUT2D eigenvalue weighted by atomic mass is 9.81. The number of aliphatic carboxylic acids is 1. The molecule has 8 heteroatoms. The van der Waals surface area contributed by atoms with E-state index in [0.717, 1.165) is 54.0 Å². The average molecular weight is 519 g/mol. The second-order valence-electron chi connectivity index (χ2n) is 9.29. The van der Waals surface area contributed by atoms with Crippen LogP contribution in [-0.2, 0) is 11.2 Å². The van der Waals surface area contributed by atoms with Crippen LogP contribution < -0.4 is 4.74 Å². The Morgan fingerprint density at radius 3 is 2.91 bits per heavy atom. The predicted octanol–water partition coefficient (Wildman–Crippen LogP) is 6.79. The third-order valence-corrected chi connectivity index (χ3v) is 8.34. The highest BCUT2D eigenvalue weighted by Crippen LogP contribution is 2.35. The lowest BCUT2D eigenvalue weighted by Crippen LogP contribution is -2.44. The van der Waals surface area contributed by atoms with Gasteiger partial charge in [-0.1, -0.05) is 11.6 Å². The van der Waals surface area contributed by atoms with E-state index in [0.29, 0.717) is 30.7 Å². The first-order valence-corrected chi connectivity index (χ1v) is 13.4. The number of hydrogen-bond acceptors (Lipinski definition) is 5. The van der Waals surface area contributed by atoms with E-state index in [1.54, 1.807) is 30.7 Å². The smallest absolute Gasteiger partial charge is 0.308 e. The first kappa shape index (κ1) is 25.9. The number of alkyl halides is 1. The molecule has 1 unspecified atom stereocenters. The number of thiophene rings is 1. The number of methoxy groups -OCH3 is 1. The number of rotatable bonds is 11. The Labute approximate surface area is 214 Å². The average Bonchev–Trinajstić information content (AvgIpc) is 3.29. The number of fused-ring (bicyclic) bond motifs is 1. The maximum Gasteiger partial charge on any atom is 0.308 e. The Bertz CT molecular complexity index is 1140. The Morgan fingerprint density at radius 1 is 1.31 bits per heavy atom. The van der Waals surface area contributed by atoms with E-state index in [-0.39, 0.29) is 5.92 Å². The van der Waals surface area contributed by atoms with Crippen molar-refractivity contribution < 1.29 is 19.0 Å². The van der Waals surface area contributed by atoms with Gasteiger partial charge in [0.15, 0.2) is 0 Å². The highest BCUT2D eigenvalue weighted by atomic mass is 35.5. The number of unbranched alkanes of at least 4 members (excludes halogenated alkanes) is 1. The van der Waals surface area contributed by atoms with Gasteiger partial charge in [-0.3, -0.25) is 9.78 Å². The number of carboxylic acid groups (broad SMARTS) is 1. The number of carbonyl (C=O) groups is 1. The van der Waals surface area contributed by atoms with Gasteiger partial charge < -0.3 is 14.7 Å². The second-order valence-corrected chi connectivity index (χ2v) is 11.1. The van der Waals surface area contributed by atoms with Crippen molar-refractivity contribution in [3.63, 3.8) is 0 Å². The molecule has 0 bridgehead atoms. The third-order valence-electron chi connectivity index (χ3n) is 7.04. The van der Waals surface area contributed by atoms with Crippen molar-refractivity contribution in [2.24, 2.45) is 11.8 Å². The molecule has 4 rings (SSSR count). The second kappa shape index (κ2) is 12.2. The van der Waals surface area contributed by atoms with E-state index in [9.17, 15) is 9.90 Å². The Kier molecular flexibility index (Phi) is 8.98. The monoisotopic (exact) mass is 518 g/mol. The topological polar surface area (TPSA) is 62.7 Å². The molecule has 1 fully saturated rings. The third kappa shape index (κ3) is 6.72. The molecule has 0 saturated carbocycles. The first-order chi connectivity index (χ1) is 16.9. The summed E-state index contributed by atoms with van der Waals surface area (Å²) in [6, 6.07) is 11.2.